The van der Waals surface area contributed by atoms with Crippen molar-refractivity contribution in [1.29, 1.82) is 0 Å². The lowest BCUT2D eigenvalue weighted by Gasteiger charge is -2.08. The molecular weight excluding hydrogens is 378 g/mol. The zero-order valence-electron chi connectivity index (χ0n) is 15.1. The van der Waals surface area contributed by atoms with E-state index < -0.39 is 0 Å². The summed E-state index contributed by atoms with van der Waals surface area (Å²) in [6, 6.07) is 13.6. The van der Waals surface area contributed by atoms with Crippen LogP contribution < -0.4 is 10.6 Å². The zero-order valence-corrected chi connectivity index (χ0v) is 15.9. The molecular formula is C19H19N5O3S. The highest BCUT2D eigenvalue weighted by Crippen LogP contribution is 2.16. The number of hydrogen-bond donors (Lipinski definition) is 3. The fraction of sp³-hybridized carbons (Fsp3) is 0.158. The van der Waals surface area contributed by atoms with Gasteiger partial charge in [0.25, 0.3) is 5.91 Å². The lowest BCUT2D eigenvalue weighted by molar-refractivity contribution is -0.113. The Morgan fingerprint density at radius 2 is 1.89 bits per heavy atom. The number of anilines is 2. The summed E-state index contributed by atoms with van der Waals surface area (Å²) in [5.41, 5.74) is 2.38. The van der Waals surface area contributed by atoms with E-state index in [2.05, 4.69) is 20.8 Å². The lowest BCUT2D eigenvalue weighted by atomic mass is 10.1. The molecule has 2 aromatic carbocycles. The van der Waals surface area contributed by atoms with Crippen LogP contribution in [0, 0.1) is 0 Å². The molecule has 1 heterocycles. The highest BCUT2D eigenvalue weighted by atomic mass is 32.2. The monoisotopic (exact) mass is 397 g/mol. The molecule has 0 unspecified atom stereocenters. The van der Waals surface area contributed by atoms with Crippen molar-refractivity contribution in [1.82, 2.24) is 14.8 Å². The van der Waals surface area contributed by atoms with E-state index in [1.807, 2.05) is 7.05 Å². The summed E-state index contributed by atoms with van der Waals surface area (Å²) in [7, 11) is 1.81. The first-order valence-corrected chi connectivity index (χ1v) is 9.41. The Bertz CT molecular complexity index is 972. The molecule has 0 aliphatic rings. The van der Waals surface area contributed by atoms with Gasteiger partial charge in [-0.05, 0) is 42.0 Å². The molecule has 3 aromatic rings. The summed E-state index contributed by atoms with van der Waals surface area (Å²) >= 11 is 1.29. The van der Waals surface area contributed by atoms with E-state index in [9.17, 15) is 9.59 Å². The van der Waals surface area contributed by atoms with Crippen LogP contribution in [0.25, 0.3) is 0 Å². The van der Waals surface area contributed by atoms with Crippen molar-refractivity contribution >= 4 is 35.0 Å². The molecule has 3 rings (SSSR count). The maximum atomic E-state index is 12.3. The summed E-state index contributed by atoms with van der Waals surface area (Å²) in [6.07, 6.45) is 1.57. The SMILES string of the molecule is Cn1cnnc1SCC(=O)Nc1ccc(C(=O)Nc2cccc(CO)c2)cc1. The minimum absolute atomic E-state index is 0.0902. The van der Waals surface area contributed by atoms with Gasteiger partial charge in [-0.15, -0.1) is 10.2 Å². The molecule has 28 heavy (non-hydrogen) atoms. The Morgan fingerprint density at radius 3 is 2.57 bits per heavy atom. The number of aryl methyl sites for hydroxylation is 1. The number of nitrogens with zero attached hydrogens (tertiary/aromatic N) is 3. The van der Waals surface area contributed by atoms with Crippen LogP contribution >= 0.6 is 11.8 Å². The van der Waals surface area contributed by atoms with Crippen molar-refractivity contribution in [2.24, 2.45) is 7.05 Å². The molecule has 0 saturated heterocycles. The van der Waals surface area contributed by atoms with Gasteiger partial charge in [0, 0.05) is 24.0 Å². The van der Waals surface area contributed by atoms with E-state index in [0.717, 1.165) is 5.56 Å². The van der Waals surface area contributed by atoms with Crippen molar-refractivity contribution in [2.75, 3.05) is 16.4 Å². The van der Waals surface area contributed by atoms with Crippen LogP contribution in [-0.2, 0) is 18.4 Å². The Kier molecular flexibility index (Phi) is 6.41. The summed E-state index contributed by atoms with van der Waals surface area (Å²) in [4.78, 5) is 24.4. The third-order valence-electron chi connectivity index (χ3n) is 3.80. The highest BCUT2D eigenvalue weighted by molar-refractivity contribution is 7.99. The number of benzene rings is 2. The van der Waals surface area contributed by atoms with E-state index >= 15 is 0 Å². The molecule has 0 aliphatic heterocycles. The quantitative estimate of drug-likeness (QED) is 0.528. The average molecular weight is 397 g/mol. The predicted molar refractivity (Wildman–Crippen MR) is 107 cm³/mol. The van der Waals surface area contributed by atoms with Gasteiger partial charge in [-0.25, -0.2) is 0 Å². The van der Waals surface area contributed by atoms with Gasteiger partial charge in [-0.2, -0.15) is 0 Å². The Hall–Kier alpha value is -3.17. The number of aliphatic hydroxyl groups is 1. The third-order valence-corrected chi connectivity index (χ3v) is 4.83. The minimum Gasteiger partial charge on any atom is -0.392 e. The van der Waals surface area contributed by atoms with E-state index in [1.165, 1.54) is 11.8 Å². The second-order valence-electron chi connectivity index (χ2n) is 5.95. The first-order valence-electron chi connectivity index (χ1n) is 8.43. The number of rotatable bonds is 7. The fourth-order valence-electron chi connectivity index (χ4n) is 2.39. The molecule has 0 spiro atoms. The van der Waals surface area contributed by atoms with Gasteiger partial charge < -0.3 is 20.3 Å². The zero-order chi connectivity index (χ0) is 19.9. The fourth-order valence-corrected chi connectivity index (χ4v) is 3.07. The first-order chi connectivity index (χ1) is 13.5. The first kappa shape index (κ1) is 19.6. The summed E-state index contributed by atoms with van der Waals surface area (Å²) in [5.74, 6) is -0.243. The molecule has 8 nitrogen and oxygen atoms in total. The molecule has 9 heteroatoms. The molecule has 0 atom stereocenters. The summed E-state index contributed by atoms with van der Waals surface area (Å²) < 4.78 is 1.74. The topological polar surface area (TPSA) is 109 Å². The molecule has 3 N–H and O–H groups in total. The van der Waals surface area contributed by atoms with E-state index in [0.29, 0.717) is 22.1 Å². The molecule has 0 radical (unpaired) electrons. The van der Waals surface area contributed by atoms with Gasteiger partial charge in [0.2, 0.25) is 5.91 Å². The normalized spacial score (nSPS) is 10.5. The highest BCUT2D eigenvalue weighted by Gasteiger charge is 2.09. The number of aliphatic hydroxyl groups excluding tert-OH is 1. The second kappa shape index (κ2) is 9.16. The van der Waals surface area contributed by atoms with Crippen molar-refractivity contribution in [2.45, 2.75) is 11.8 Å². The molecule has 0 bridgehead atoms. The van der Waals surface area contributed by atoms with Crippen LogP contribution in [0.4, 0.5) is 11.4 Å². The van der Waals surface area contributed by atoms with Crippen molar-refractivity contribution in [3.63, 3.8) is 0 Å². The second-order valence-corrected chi connectivity index (χ2v) is 6.89. The third kappa shape index (κ3) is 5.18. The van der Waals surface area contributed by atoms with Gasteiger partial charge in [0.15, 0.2) is 5.16 Å². The number of carbonyl (C=O) groups excluding carboxylic acids is 2. The lowest BCUT2D eigenvalue weighted by Crippen LogP contribution is -2.15. The number of carbonyl (C=O) groups is 2. The minimum atomic E-state index is -0.272. The smallest absolute Gasteiger partial charge is 0.255 e. The average Bonchev–Trinajstić information content (AvgIpc) is 3.12. The standard InChI is InChI=1S/C19H19N5O3S/c1-24-12-20-23-19(24)28-11-17(26)21-15-7-5-14(6-8-15)18(27)22-16-4-2-3-13(9-16)10-25/h2-9,12,25H,10-11H2,1H3,(H,21,26)(H,22,27). The molecule has 0 fully saturated rings. The summed E-state index contributed by atoms with van der Waals surface area (Å²) in [6.45, 7) is -0.0902. The predicted octanol–water partition coefficient (Wildman–Crippen LogP) is 2.29. The van der Waals surface area contributed by atoms with Crippen LogP contribution in [0.3, 0.4) is 0 Å². The van der Waals surface area contributed by atoms with Gasteiger partial charge in [-0.1, -0.05) is 23.9 Å². The van der Waals surface area contributed by atoms with Gasteiger partial charge in [0.05, 0.1) is 12.4 Å². The van der Waals surface area contributed by atoms with Crippen LogP contribution in [0.2, 0.25) is 0 Å². The van der Waals surface area contributed by atoms with E-state index in [1.54, 1.807) is 59.4 Å². The number of aromatic nitrogens is 3. The van der Waals surface area contributed by atoms with Gasteiger partial charge in [-0.3, -0.25) is 9.59 Å². The molecule has 0 aliphatic carbocycles. The van der Waals surface area contributed by atoms with Gasteiger partial charge >= 0.3 is 0 Å². The molecule has 0 saturated carbocycles. The van der Waals surface area contributed by atoms with Crippen molar-refractivity contribution < 1.29 is 14.7 Å². The number of hydrogen-bond acceptors (Lipinski definition) is 6. The van der Waals surface area contributed by atoms with Crippen LogP contribution in [0.1, 0.15) is 15.9 Å². The molecule has 1 aromatic heterocycles. The van der Waals surface area contributed by atoms with E-state index in [-0.39, 0.29) is 24.2 Å². The largest absolute Gasteiger partial charge is 0.392 e. The van der Waals surface area contributed by atoms with E-state index in [4.69, 9.17) is 5.11 Å². The van der Waals surface area contributed by atoms with Crippen LogP contribution in [0.15, 0.2) is 60.0 Å². The van der Waals surface area contributed by atoms with Crippen molar-refractivity contribution in [3.8, 4) is 0 Å². The number of nitrogens with one attached hydrogen (secondary N) is 2. The maximum absolute atomic E-state index is 12.3. The van der Waals surface area contributed by atoms with Crippen molar-refractivity contribution in [3.05, 3.63) is 66.0 Å². The number of amides is 2. The molecule has 144 valence electrons. The Balaban J connectivity index is 1.54. The Labute approximate surface area is 166 Å². The Morgan fingerprint density at radius 1 is 1.11 bits per heavy atom. The number of thioether (sulfide) groups is 1. The summed E-state index contributed by atoms with van der Waals surface area (Å²) in [5, 5.41) is 23.0. The van der Waals surface area contributed by atoms with Crippen LogP contribution in [-0.4, -0.2) is 37.4 Å². The maximum Gasteiger partial charge on any atom is 0.255 e. The van der Waals surface area contributed by atoms with Gasteiger partial charge in [0.1, 0.15) is 6.33 Å². The van der Waals surface area contributed by atoms with Crippen LogP contribution in [0.5, 0.6) is 0 Å². The molecule has 2 amide bonds.